The number of rotatable bonds is 4. The van der Waals surface area contributed by atoms with Crippen LogP contribution >= 0.6 is 0 Å². The monoisotopic (exact) mass is 298 g/mol. The quantitative estimate of drug-likeness (QED) is 0.934. The number of ether oxygens (including phenoxy) is 1. The van der Waals surface area contributed by atoms with Crippen LogP contribution in [0.15, 0.2) is 42.5 Å². The van der Waals surface area contributed by atoms with Gasteiger partial charge >= 0.3 is 6.03 Å². The van der Waals surface area contributed by atoms with Crippen LogP contribution in [0.3, 0.4) is 0 Å². The van der Waals surface area contributed by atoms with Crippen molar-refractivity contribution in [3.8, 4) is 0 Å². The van der Waals surface area contributed by atoms with Gasteiger partial charge in [0.05, 0.1) is 6.61 Å². The lowest BCUT2D eigenvalue weighted by Crippen LogP contribution is -2.38. The van der Waals surface area contributed by atoms with Crippen molar-refractivity contribution in [3.63, 3.8) is 0 Å². The van der Waals surface area contributed by atoms with Gasteiger partial charge < -0.3 is 15.0 Å². The van der Waals surface area contributed by atoms with Crippen LogP contribution in [0.4, 0.5) is 10.5 Å². The summed E-state index contributed by atoms with van der Waals surface area (Å²) in [6.45, 7) is 5.05. The Labute approximate surface area is 131 Å². The SMILES string of the molecule is CCN(CC1CCOC1)C(=O)Nc1ccc2ccccc2c1. The Balaban J connectivity index is 1.67. The van der Waals surface area contributed by atoms with E-state index in [4.69, 9.17) is 4.74 Å². The Morgan fingerprint density at radius 2 is 2.09 bits per heavy atom. The zero-order valence-electron chi connectivity index (χ0n) is 12.9. The van der Waals surface area contributed by atoms with Crippen LogP contribution in [-0.2, 0) is 4.74 Å². The Morgan fingerprint density at radius 1 is 1.27 bits per heavy atom. The molecular formula is C18H22N2O2. The highest BCUT2D eigenvalue weighted by atomic mass is 16.5. The van der Waals surface area contributed by atoms with Crippen molar-refractivity contribution in [1.82, 2.24) is 4.90 Å². The van der Waals surface area contributed by atoms with Crippen molar-refractivity contribution < 1.29 is 9.53 Å². The number of hydrogen-bond acceptors (Lipinski definition) is 2. The second-order valence-corrected chi connectivity index (χ2v) is 5.76. The molecule has 0 aromatic heterocycles. The largest absolute Gasteiger partial charge is 0.381 e. The molecule has 1 aliphatic heterocycles. The summed E-state index contributed by atoms with van der Waals surface area (Å²) in [5.74, 6) is 0.460. The third kappa shape index (κ3) is 3.39. The molecule has 1 aliphatic rings. The summed E-state index contributed by atoms with van der Waals surface area (Å²) in [6.07, 6.45) is 1.04. The molecule has 3 rings (SSSR count). The number of carbonyl (C=O) groups excluding carboxylic acids is 1. The minimum atomic E-state index is -0.0373. The van der Waals surface area contributed by atoms with Crippen molar-refractivity contribution in [2.24, 2.45) is 5.92 Å². The Hall–Kier alpha value is -2.07. The molecule has 1 saturated heterocycles. The summed E-state index contributed by atoms with van der Waals surface area (Å²) in [5.41, 5.74) is 0.838. The zero-order chi connectivity index (χ0) is 15.4. The number of hydrogen-bond donors (Lipinski definition) is 1. The van der Waals surface area contributed by atoms with E-state index in [0.29, 0.717) is 12.5 Å². The smallest absolute Gasteiger partial charge is 0.321 e. The number of carbonyl (C=O) groups is 1. The molecule has 4 heteroatoms. The first kappa shape index (κ1) is 14.9. The minimum absolute atomic E-state index is 0.0373. The predicted molar refractivity (Wildman–Crippen MR) is 89.1 cm³/mol. The highest BCUT2D eigenvalue weighted by molar-refractivity contribution is 5.93. The average Bonchev–Trinajstić information content (AvgIpc) is 3.05. The molecule has 1 heterocycles. The first-order valence-electron chi connectivity index (χ1n) is 7.88. The summed E-state index contributed by atoms with van der Waals surface area (Å²) in [7, 11) is 0. The van der Waals surface area contributed by atoms with Gasteiger partial charge in [-0.15, -0.1) is 0 Å². The molecule has 1 unspecified atom stereocenters. The summed E-state index contributed by atoms with van der Waals surface area (Å²) in [5, 5.41) is 5.31. The predicted octanol–water partition coefficient (Wildman–Crippen LogP) is 3.73. The van der Waals surface area contributed by atoms with Crippen LogP contribution in [-0.4, -0.2) is 37.2 Å². The lowest BCUT2D eigenvalue weighted by atomic mass is 10.1. The number of urea groups is 1. The van der Waals surface area contributed by atoms with Gasteiger partial charge in [0.1, 0.15) is 0 Å². The van der Waals surface area contributed by atoms with Crippen molar-refractivity contribution in [3.05, 3.63) is 42.5 Å². The number of amides is 2. The van der Waals surface area contributed by atoms with Gasteiger partial charge in [0, 0.05) is 31.3 Å². The van der Waals surface area contributed by atoms with E-state index in [2.05, 4.69) is 17.4 Å². The maximum absolute atomic E-state index is 12.4. The maximum Gasteiger partial charge on any atom is 0.321 e. The molecule has 1 fully saturated rings. The normalized spacial score (nSPS) is 17.6. The molecule has 116 valence electrons. The van der Waals surface area contributed by atoms with Gasteiger partial charge in [0.15, 0.2) is 0 Å². The molecule has 2 amide bonds. The average molecular weight is 298 g/mol. The molecule has 4 nitrogen and oxygen atoms in total. The fraction of sp³-hybridized carbons (Fsp3) is 0.389. The van der Waals surface area contributed by atoms with Gasteiger partial charge in [-0.2, -0.15) is 0 Å². The van der Waals surface area contributed by atoms with Crippen LogP contribution in [0.2, 0.25) is 0 Å². The van der Waals surface area contributed by atoms with Crippen molar-refractivity contribution >= 4 is 22.5 Å². The second kappa shape index (κ2) is 6.79. The molecule has 0 bridgehead atoms. The second-order valence-electron chi connectivity index (χ2n) is 5.76. The Bertz CT molecular complexity index is 650. The van der Waals surface area contributed by atoms with E-state index < -0.39 is 0 Å². The van der Waals surface area contributed by atoms with Gasteiger partial charge in [-0.25, -0.2) is 4.79 Å². The molecule has 22 heavy (non-hydrogen) atoms. The van der Waals surface area contributed by atoms with E-state index in [1.165, 1.54) is 5.39 Å². The van der Waals surface area contributed by atoms with Gasteiger partial charge in [-0.3, -0.25) is 0 Å². The van der Waals surface area contributed by atoms with Gasteiger partial charge in [0.25, 0.3) is 0 Å². The van der Waals surface area contributed by atoms with E-state index in [0.717, 1.165) is 37.3 Å². The van der Waals surface area contributed by atoms with Crippen molar-refractivity contribution in [1.29, 1.82) is 0 Å². The number of nitrogens with zero attached hydrogens (tertiary/aromatic N) is 1. The standard InChI is InChI=1S/C18H22N2O2/c1-2-20(12-14-9-10-22-13-14)18(21)19-17-8-7-15-5-3-4-6-16(15)11-17/h3-8,11,14H,2,9-10,12-13H2,1H3,(H,19,21). The van der Waals surface area contributed by atoms with Crippen molar-refractivity contribution in [2.75, 3.05) is 31.6 Å². The van der Waals surface area contributed by atoms with Gasteiger partial charge in [-0.1, -0.05) is 30.3 Å². The highest BCUT2D eigenvalue weighted by Gasteiger charge is 2.21. The fourth-order valence-corrected chi connectivity index (χ4v) is 2.86. The number of nitrogens with one attached hydrogen (secondary N) is 1. The lowest BCUT2D eigenvalue weighted by molar-refractivity contribution is 0.171. The fourth-order valence-electron chi connectivity index (χ4n) is 2.86. The molecule has 0 radical (unpaired) electrons. The van der Waals surface area contributed by atoms with E-state index in [9.17, 15) is 4.79 Å². The van der Waals surface area contributed by atoms with Crippen LogP contribution in [0, 0.1) is 5.92 Å². The molecule has 0 saturated carbocycles. The lowest BCUT2D eigenvalue weighted by Gasteiger charge is -2.24. The molecule has 0 aliphatic carbocycles. The maximum atomic E-state index is 12.4. The van der Waals surface area contributed by atoms with Crippen molar-refractivity contribution in [2.45, 2.75) is 13.3 Å². The number of anilines is 1. The molecule has 1 atom stereocenters. The summed E-state index contributed by atoms with van der Waals surface area (Å²) >= 11 is 0. The van der Waals surface area contributed by atoms with Gasteiger partial charge in [-0.05, 0) is 36.2 Å². The summed E-state index contributed by atoms with van der Waals surface area (Å²) in [4.78, 5) is 14.3. The number of fused-ring (bicyclic) bond motifs is 1. The van der Waals surface area contributed by atoms with E-state index in [1.54, 1.807) is 0 Å². The van der Waals surface area contributed by atoms with E-state index in [1.807, 2.05) is 42.2 Å². The first-order valence-corrected chi connectivity index (χ1v) is 7.88. The molecule has 2 aromatic carbocycles. The van der Waals surface area contributed by atoms with Crippen LogP contribution in [0.5, 0.6) is 0 Å². The Kier molecular flexibility index (Phi) is 4.59. The molecule has 1 N–H and O–H groups in total. The minimum Gasteiger partial charge on any atom is -0.381 e. The van der Waals surface area contributed by atoms with Crippen LogP contribution in [0.1, 0.15) is 13.3 Å². The first-order chi connectivity index (χ1) is 10.8. The van der Waals surface area contributed by atoms with E-state index >= 15 is 0 Å². The van der Waals surface area contributed by atoms with Crippen LogP contribution < -0.4 is 5.32 Å². The third-order valence-corrected chi connectivity index (χ3v) is 4.17. The van der Waals surface area contributed by atoms with Gasteiger partial charge in [0.2, 0.25) is 0 Å². The molecule has 0 spiro atoms. The zero-order valence-corrected chi connectivity index (χ0v) is 12.9. The topological polar surface area (TPSA) is 41.6 Å². The van der Waals surface area contributed by atoms with E-state index in [-0.39, 0.29) is 6.03 Å². The molecular weight excluding hydrogens is 276 g/mol. The third-order valence-electron chi connectivity index (χ3n) is 4.17. The highest BCUT2D eigenvalue weighted by Crippen LogP contribution is 2.20. The van der Waals surface area contributed by atoms with Crippen LogP contribution in [0.25, 0.3) is 10.8 Å². The Morgan fingerprint density at radius 3 is 2.82 bits per heavy atom. The summed E-state index contributed by atoms with van der Waals surface area (Å²) < 4.78 is 5.39. The molecule has 2 aromatic rings. The number of benzene rings is 2. The summed E-state index contributed by atoms with van der Waals surface area (Å²) in [6, 6.07) is 14.1.